The molecule has 0 saturated carbocycles. The minimum absolute atomic E-state index is 0.159. The van der Waals surface area contributed by atoms with Crippen molar-refractivity contribution in [1.82, 2.24) is 10.2 Å². The lowest BCUT2D eigenvalue weighted by atomic mass is 10.1. The number of rotatable bonds is 7. The Labute approximate surface area is 167 Å². The van der Waals surface area contributed by atoms with Crippen LogP contribution in [0.15, 0.2) is 42.5 Å². The fraction of sp³-hybridized carbons (Fsp3) is 0.364. The van der Waals surface area contributed by atoms with Gasteiger partial charge in [0.1, 0.15) is 0 Å². The molecule has 0 heterocycles. The van der Waals surface area contributed by atoms with Gasteiger partial charge < -0.3 is 10.2 Å². The van der Waals surface area contributed by atoms with E-state index in [4.69, 9.17) is 0 Å². The van der Waals surface area contributed by atoms with Gasteiger partial charge in [-0.3, -0.25) is 15.0 Å². The van der Waals surface area contributed by atoms with Gasteiger partial charge in [-0.1, -0.05) is 36.8 Å². The van der Waals surface area contributed by atoms with Crippen LogP contribution in [0.25, 0.3) is 0 Å². The molecule has 0 bridgehead atoms. The molecule has 0 fully saturated rings. The van der Waals surface area contributed by atoms with Crippen LogP contribution in [0.2, 0.25) is 0 Å². The second kappa shape index (κ2) is 9.90. The highest BCUT2D eigenvalue weighted by Crippen LogP contribution is 2.16. The van der Waals surface area contributed by atoms with Gasteiger partial charge in [0.2, 0.25) is 5.91 Å². The average molecular weight is 383 g/mol. The highest BCUT2D eigenvalue weighted by Gasteiger charge is 2.13. The third kappa shape index (κ3) is 6.39. The van der Waals surface area contributed by atoms with Gasteiger partial charge in [-0.05, 0) is 49.7 Å². The fourth-order valence-electron chi connectivity index (χ4n) is 2.91. The van der Waals surface area contributed by atoms with E-state index in [9.17, 15) is 9.59 Å². The Hall–Kier alpha value is -2.86. The molecule has 2 rings (SSSR count). The summed E-state index contributed by atoms with van der Waals surface area (Å²) in [5.74, 6) is -0.325. The lowest BCUT2D eigenvalue weighted by Crippen LogP contribution is -2.41. The molecule has 6 nitrogen and oxygen atoms in total. The summed E-state index contributed by atoms with van der Waals surface area (Å²) in [5.41, 5.74) is 5.03. The van der Waals surface area contributed by atoms with Crippen LogP contribution in [-0.4, -0.2) is 44.0 Å². The summed E-state index contributed by atoms with van der Waals surface area (Å²) in [7, 11) is 4.00. The molecule has 0 aliphatic carbocycles. The van der Waals surface area contributed by atoms with Gasteiger partial charge in [0.15, 0.2) is 0 Å². The summed E-state index contributed by atoms with van der Waals surface area (Å²) in [4.78, 5) is 28.4. The largest absolute Gasteiger partial charge is 0.378 e. The number of likely N-dealkylation sites (N-methyl/N-ethyl adjacent to an activating group) is 1. The summed E-state index contributed by atoms with van der Waals surface area (Å²) in [6.07, 6.45) is 0. The minimum Gasteiger partial charge on any atom is -0.378 e. The fourth-order valence-corrected chi connectivity index (χ4v) is 2.91. The van der Waals surface area contributed by atoms with Crippen molar-refractivity contribution in [3.8, 4) is 0 Å². The van der Waals surface area contributed by atoms with Crippen LogP contribution >= 0.6 is 0 Å². The van der Waals surface area contributed by atoms with E-state index in [1.165, 1.54) is 0 Å². The van der Waals surface area contributed by atoms with Gasteiger partial charge in [-0.15, -0.1) is 0 Å². The molecular formula is C22H30N4O2. The minimum atomic E-state index is -0.511. The Kier molecular flexibility index (Phi) is 7.58. The molecule has 0 unspecified atom stereocenters. The molecule has 6 heteroatoms. The van der Waals surface area contributed by atoms with Crippen LogP contribution in [0.1, 0.15) is 23.6 Å². The highest BCUT2D eigenvalue weighted by molar-refractivity contribution is 6.02. The van der Waals surface area contributed by atoms with Crippen LogP contribution in [0.5, 0.6) is 0 Å². The molecule has 2 N–H and O–H groups in total. The highest BCUT2D eigenvalue weighted by atomic mass is 16.2. The molecule has 28 heavy (non-hydrogen) atoms. The van der Waals surface area contributed by atoms with Crippen molar-refractivity contribution in [3.05, 3.63) is 59.2 Å². The maximum atomic E-state index is 12.3. The summed E-state index contributed by atoms with van der Waals surface area (Å²) in [5, 5.41) is 5.14. The summed E-state index contributed by atoms with van der Waals surface area (Å²) < 4.78 is 0. The normalized spacial score (nSPS) is 10.6. The standard InChI is InChI=1S/C22H30N4O2/c1-6-26(14-18-8-10-19(11-9-18)25(4)5)15-21(27)24-22(28)23-20-12-7-16(2)13-17(20)3/h7-13H,6,14-15H2,1-5H3,(H2,23,24,27,28). The number of urea groups is 1. The molecule has 0 aromatic heterocycles. The first-order valence-corrected chi connectivity index (χ1v) is 9.45. The van der Waals surface area contributed by atoms with E-state index in [0.29, 0.717) is 18.8 Å². The SMILES string of the molecule is CCN(CC(=O)NC(=O)Nc1ccc(C)cc1C)Cc1ccc(N(C)C)cc1. The van der Waals surface area contributed by atoms with Crippen molar-refractivity contribution >= 4 is 23.3 Å². The lowest BCUT2D eigenvalue weighted by Gasteiger charge is -2.20. The number of imide groups is 1. The molecule has 0 aliphatic heterocycles. The van der Waals surface area contributed by atoms with Gasteiger partial charge in [-0.25, -0.2) is 4.79 Å². The van der Waals surface area contributed by atoms with Crippen molar-refractivity contribution in [3.63, 3.8) is 0 Å². The van der Waals surface area contributed by atoms with Crippen LogP contribution < -0.4 is 15.5 Å². The Morgan fingerprint density at radius 2 is 1.68 bits per heavy atom. The molecule has 150 valence electrons. The third-order valence-electron chi connectivity index (χ3n) is 4.56. The lowest BCUT2D eigenvalue weighted by molar-refractivity contribution is -0.121. The van der Waals surface area contributed by atoms with E-state index < -0.39 is 6.03 Å². The van der Waals surface area contributed by atoms with Crippen LogP contribution in [0, 0.1) is 13.8 Å². The van der Waals surface area contributed by atoms with Gasteiger partial charge >= 0.3 is 6.03 Å². The Morgan fingerprint density at radius 3 is 2.25 bits per heavy atom. The molecule has 0 atom stereocenters. The molecule has 2 aromatic carbocycles. The third-order valence-corrected chi connectivity index (χ3v) is 4.56. The van der Waals surface area contributed by atoms with E-state index in [2.05, 4.69) is 34.9 Å². The Balaban J connectivity index is 1.87. The average Bonchev–Trinajstić information content (AvgIpc) is 2.63. The number of hydrogen-bond donors (Lipinski definition) is 2. The van der Waals surface area contributed by atoms with Crippen molar-refractivity contribution in [2.24, 2.45) is 0 Å². The van der Waals surface area contributed by atoms with Crippen LogP contribution in [-0.2, 0) is 11.3 Å². The molecule has 3 amide bonds. The van der Waals surface area contributed by atoms with Gasteiger partial charge in [0, 0.05) is 32.0 Å². The second-order valence-electron chi connectivity index (χ2n) is 7.18. The zero-order valence-corrected chi connectivity index (χ0v) is 17.4. The monoisotopic (exact) mass is 382 g/mol. The number of nitrogens with zero attached hydrogens (tertiary/aromatic N) is 2. The number of carbonyl (C=O) groups is 2. The smallest absolute Gasteiger partial charge is 0.325 e. The second-order valence-corrected chi connectivity index (χ2v) is 7.18. The Morgan fingerprint density at radius 1 is 1.00 bits per heavy atom. The number of hydrogen-bond acceptors (Lipinski definition) is 4. The van der Waals surface area contributed by atoms with E-state index in [-0.39, 0.29) is 12.5 Å². The van der Waals surface area contributed by atoms with Gasteiger partial charge in [-0.2, -0.15) is 0 Å². The number of benzene rings is 2. The van der Waals surface area contributed by atoms with Crippen molar-refractivity contribution in [1.29, 1.82) is 0 Å². The van der Waals surface area contributed by atoms with E-state index >= 15 is 0 Å². The first-order valence-electron chi connectivity index (χ1n) is 9.45. The van der Waals surface area contributed by atoms with Crippen LogP contribution in [0.4, 0.5) is 16.2 Å². The predicted molar refractivity (Wildman–Crippen MR) is 115 cm³/mol. The molecule has 0 saturated heterocycles. The number of nitrogens with one attached hydrogen (secondary N) is 2. The van der Waals surface area contributed by atoms with Gasteiger partial charge in [0.25, 0.3) is 0 Å². The summed E-state index contributed by atoms with van der Waals surface area (Å²) in [6.45, 7) is 7.43. The summed E-state index contributed by atoms with van der Waals surface area (Å²) >= 11 is 0. The molecule has 0 spiro atoms. The maximum absolute atomic E-state index is 12.3. The number of carbonyl (C=O) groups excluding carboxylic acids is 2. The number of amides is 3. The maximum Gasteiger partial charge on any atom is 0.325 e. The van der Waals surface area contributed by atoms with Crippen molar-refractivity contribution in [2.45, 2.75) is 27.3 Å². The number of anilines is 2. The first kappa shape index (κ1) is 21.4. The first-order chi connectivity index (χ1) is 13.3. The van der Waals surface area contributed by atoms with E-state index in [1.54, 1.807) is 0 Å². The zero-order valence-electron chi connectivity index (χ0n) is 17.4. The topological polar surface area (TPSA) is 64.7 Å². The van der Waals surface area contributed by atoms with Gasteiger partial charge in [0.05, 0.1) is 6.54 Å². The molecule has 2 aromatic rings. The van der Waals surface area contributed by atoms with Crippen LogP contribution in [0.3, 0.4) is 0 Å². The van der Waals surface area contributed by atoms with Crippen molar-refractivity contribution < 1.29 is 9.59 Å². The Bertz CT molecular complexity index is 816. The molecule has 0 aliphatic rings. The summed E-state index contributed by atoms with van der Waals surface area (Å²) in [6, 6.07) is 13.5. The quantitative estimate of drug-likeness (QED) is 0.769. The molecule has 0 radical (unpaired) electrons. The van der Waals surface area contributed by atoms with E-state index in [1.807, 2.05) is 62.9 Å². The molecular weight excluding hydrogens is 352 g/mol. The number of aryl methyl sites for hydroxylation is 2. The zero-order chi connectivity index (χ0) is 20.7. The van der Waals surface area contributed by atoms with E-state index in [0.717, 1.165) is 22.4 Å². The van der Waals surface area contributed by atoms with Crippen molar-refractivity contribution in [2.75, 3.05) is 37.4 Å². The predicted octanol–water partition coefficient (Wildman–Crippen LogP) is 3.54.